The molecule has 0 bridgehead atoms. The van der Waals surface area contributed by atoms with Crippen molar-refractivity contribution in [3.63, 3.8) is 0 Å². The van der Waals surface area contributed by atoms with Crippen molar-refractivity contribution in [2.45, 2.75) is 38.6 Å². The minimum absolute atomic E-state index is 0.0300. The Morgan fingerprint density at radius 2 is 1.93 bits per heavy atom. The third-order valence-corrected chi connectivity index (χ3v) is 5.93. The summed E-state index contributed by atoms with van der Waals surface area (Å²) in [5.74, 6) is 1.54. The van der Waals surface area contributed by atoms with Crippen LogP contribution < -0.4 is 14.5 Å². The molecule has 1 unspecified atom stereocenters. The van der Waals surface area contributed by atoms with Crippen molar-refractivity contribution in [1.82, 2.24) is 4.98 Å². The van der Waals surface area contributed by atoms with Crippen molar-refractivity contribution >= 4 is 28.3 Å². The number of para-hydroxylation sites is 2. The number of amides is 1. The van der Waals surface area contributed by atoms with Crippen molar-refractivity contribution in [1.29, 1.82) is 0 Å². The number of nitrogens with zero attached hydrogens (tertiary/aromatic N) is 3. The molecule has 1 aliphatic heterocycles. The van der Waals surface area contributed by atoms with Crippen LogP contribution in [0.15, 0.2) is 60.7 Å². The van der Waals surface area contributed by atoms with Crippen LogP contribution in [0.5, 0.6) is 5.75 Å². The van der Waals surface area contributed by atoms with Gasteiger partial charge in [0.15, 0.2) is 6.61 Å². The average molecular weight is 404 g/mol. The van der Waals surface area contributed by atoms with Crippen LogP contribution in [0.4, 0.5) is 11.5 Å². The topological polar surface area (TPSA) is 45.7 Å². The first-order valence-corrected chi connectivity index (χ1v) is 10.8. The number of piperidine rings is 1. The lowest BCUT2D eigenvalue weighted by molar-refractivity contribution is -0.120. The van der Waals surface area contributed by atoms with E-state index in [1.54, 1.807) is 11.9 Å². The molecule has 5 nitrogen and oxygen atoms in total. The van der Waals surface area contributed by atoms with E-state index in [-0.39, 0.29) is 12.5 Å². The predicted octanol–water partition coefficient (Wildman–Crippen LogP) is 5.05. The lowest BCUT2D eigenvalue weighted by Gasteiger charge is -2.36. The SMILES string of the molecule is CCC1CCCCN1c1ccc2cccc(OCC(=O)N(C)c3ccccc3)c2n1. The highest BCUT2D eigenvalue weighted by molar-refractivity contribution is 5.94. The Kier molecular flexibility index (Phi) is 6.17. The molecule has 0 spiro atoms. The van der Waals surface area contributed by atoms with Crippen LogP contribution in [-0.2, 0) is 4.79 Å². The summed E-state index contributed by atoms with van der Waals surface area (Å²) in [5.41, 5.74) is 1.66. The summed E-state index contributed by atoms with van der Waals surface area (Å²) in [6.45, 7) is 3.26. The number of carbonyl (C=O) groups excluding carboxylic acids is 1. The normalized spacial score (nSPS) is 16.5. The number of rotatable bonds is 6. The molecule has 2 heterocycles. The van der Waals surface area contributed by atoms with Gasteiger partial charge in [0.05, 0.1) is 0 Å². The van der Waals surface area contributed by atoms with Gasteiger partial charge in [0.25, 0.3) is 5.91 Å². The Hall–Kier alpha value is -3.08. The Bertz CT molecular complexity index is 1010. The van der Waals surface area contributed by atoms with E-state index in [9.17, 15) is 4.79 Å². The quantitative estimate of drug-likeness (QED) is 0.578. The second kappa shape index (κ2) is 9.16. The second-order valence-corrected chi connectivity index (χ2v) is 7.83. The number of fused-ring (bicyclic) bond motifs is 1. The van der Waals surface area contributed by atoms with E-state index in [0.717, 1.165) is 35.4 Å². The molecular weight excluding hydrogens is 374 g/mol. The van der Waals surface area contributed by atoms with E-state index in [0.29, 0.717) is 11.8 Å². The largest absolute Gasteiger partial charge is 0.481 e. The van der Waals surface area contributed by atoms with Crippen molar-refractivity contribution < 1.29 is 9.53 Å². The molecule has 0 saturated carbocycles. The van der Waals surface area contributed by atoms with Crippen LogP contribution in [0.25, 0.3) is 10.9 Å². The Balaban J connectivity index is 1.54. The fourth-order valence-electron chi connectivity index (χ4n) is 4.14. The molecular formula is C25H29N3O2. The van der Waals surface area contributed by atoms with Gasteiger partial charge in [-0.1, -0.05) is 37.3 Å². The number of ether oxygens (including phenoxy) is 1. The molecule has 1 fully saturated rings. The van der Waals surface area contributed by atoms with Gasteiger partial charge in [-0.15, -0.1) is 0 Å². The number of hydrogen-bond donors (Lipinski definition) is 0. The average Bonchev–Trinajstić information content (AvgIpc) is 2.82. The summed E-state index contributed by atoms with van der Waals surface area (Å²) in [6, 6.07) is 20.2. The van der Waals surface area contributed by atoms with E-state index < -0.39 is 0 Å². The summed E-state index contributed by atoms with van der Waals surface area (Å²) in [4.78, 5) is 21.6. The predicted molar refractivity (Wildman–Crippen MR) is 122 cm³/mol. The Morgan fingerprint density at radius 3 is 2.73 bits per heavy atom. The second-order valence-electron chi connectivity index (χ2n) is 7.83. The van der Waals surface area contributed by atoms with Crippen molar-refractivity contribution in [2.24, 2.45) is 0 Å². The summed E-state index contributed by atoms with van der Waals surface area (Å²) < 4.78 is 5.95. The van der Waals surface area contributed by atoms with E-state index in [4.69, 9.17) is 9.72 Å². The molecule has 0 N–H and O–H groups in total. The summed E-state index contributed by atoms with van der Waals surface area (Å²) in [5, 5.41) is 1.02. The molecule has 156 valence electrons. The molecule has 1 saturated heterocycles. The lowest BCUT2D eigenvalue weighted by Crippen LogP contribution is -2.39. The summed E-state index contributed by atoms with van der Waals surface area (Å²) in [7, 11) is 1.77. The third kappa shape index (κ3) is 4.25. The van der Waals surface area contributed by atoms with Gasteiger partial charge in [0, 0.05) is 30.7 Å². The fourth-order valence-corrected chi connectivity index (χ4v) is 4.14. The molecule has 30 heavy (non-hydrogen) atoms. The fraction of sp³-hybridized carbons (Fsp3) is 0.360. The highest BCUT2D eigenvalue weighted by atomic mass is 16.5. The van der Waals surface area contributed by atoms with Crippen LogP contribution >= 0.6 is 0 Å². The summed E-state index contributed by atoms with van der Waals surface area (Å²) >= 11 is 0. The maximum atomic E-state index is 12.6. The van der Waals surface area contributed by atoms with Crippen LogP contribution in [0.2, 0.25) is 0 Å². The van der Waals surface area contributed by atoms with Gasteiger partial charge in [-0.25, -0.2) is 4.98 Å². The Labute approximate surface area is 178 Å². The van der Waals surface area contributed by atoms with Crippen LogP contribution in [0.3, 0.4) is 0 Å². The van der Waals surface area contributed by atoms with E-state index in [1.807, 2.05) is 48.5 Å². The van der Waals surface area contributed by atoms with Gasteiger partial charge in [0.2, 0.25) is 0 Å². The van der Waals surface area contributed by atoms with Crippen LogP contribution in [-0.4, -0.2) is 37.1 Å². The van der Waals surface area contributed by atoms with Crippen molar-refractivity contribution in [3.05, 3.63) is 60.7 Å². The number of likely N-dealkylation sites (N-methyl/N-ethyl adjacent to an activating group) is 1. The number of pyridine rings is 1. The molecule has 2 aromatic carbocycles. The maximum Gasteiger partial charge on any atom is 0.264 e. The third-order valence-electron chi connectivity index (χ3n) is 5.93. The van der Waals surface area contributed by atoms with E-state index >= 15 is 0 Å². The first-order chi connectivity index (χ1) is 14.7. The first kappa shape index (κ1) is 20.2. The standard InChI is InChI=1S/C25H29N3O2/c1-3-20-11-7-8-17-28(20)23-16-15-19-10-9-14-22(25(19)26-23)30-18-24(29)27(2)21-12-5-4-6-13-21/h4-6,9-10,12-16,20H,3,7-8,11,17-18H2,1-2H3. The van der Waals surface area contributed by atoms with E-state index in [2.05, 4.69) is 24.0 Å². The van der Waals surface area contributed by atoms with Crippen LogP contribution in [0.1, 0.15) is 32.6 Å². The number of benzene rings is 2. The van der Waals surface area contributed by atoms with Gasteiger partial charge in [0.1, 0.15) is 17.1 Å². The van der Waals surface area contributed by atoms with Gasteiger partial charge in [-0.05, 0) is 56.0 Å². The lowest BCUT2D eigenvalue weighted by atomic mass is 10.00. The van der Waals surface area contributed by atoms with Crippen molar-refractivity contribution in [2.75, 3.05) is 30.0 Å². The smallest absolute Gasteiger partial charge is 0.264 e. The van der Waals surface area contributed by atoms with Gasteiger partial charge in [-0.2, -0.15) is 0 Å². The number of carbonyl (C=O) groups is 1. The molecule has 0 radical (unpaired) electrons. The number of hydrogen-bond acceptors (Lipinski definition) is 4. The molecule has 4 rings (SSSR count). The highest BCUT2D eigenvalue weighted by Gasteiger charge is 2.22. The molecule has 1 atom stereocenters. The van der Waals surface area contributed by atoms with Gasteiger partial charge >= 0.3 is 0 Å². The zero-order valence-electron chi connectivity index (χ0n) is 17.8. The molecule has 1 amide bonds. The number of anilines is 2. The maximum absolute atomic E-state index is 12.6. The summed E-state index contributed by atoms with van der Waals surface area (Å²) in [6.07, 6.45) is 4.83. The van der Waals surface area contributed by atoms with E-state index in [1.165, 1.54) is 19.3 Å². The molecule has 0 aliphatic carbocycles. The molecule has 1 aromatic heterocycles. The van der Waals surface area contributed by atoms with Gasteiger partial charge < -0.3 is 14.5 Å². The monoisotopic (exact) mass is 403 g/mol. The zero-order chi connectivity index (χ0) is 20.9. The molecule has 3 aromatic rings. The minimum Gasteiger partial charge on any atom is -0.481 e. The molecule has 5 heteroatoms. The number of aromatic nitrogens is 1. The van der Waals surface area contributed by atoms with Crippen molar-refractivity contribution in [3.8, 4) is 5.75 Å². The minimum atomic E-state index is -0.101. The first-order valence-electron chi connectivity index (χ1n) is 10.8. The zero-order valence-corrected chi connectivity index (χ0v) is 17.8. The molecule has 1 aliphatic rings. The highest BCUT2D eigenvalue weighted by Crippen LogP contribution is 2.30. The Morgan fingerprint density at radius 1 is 1.10 bits per heavy atom. The van der Waals surface area contributed by atoms with Gasteiger partial charge in [-0.3, -0.25) is 4.79 Å². The van der Waals surface area contributed by atoms with Crippen LogP contribution in [0, 0.1) is 0 Å².